The summed E-state index contributed by atoms with van der Waals surface area (Å²) < 4.78 is 21.4. The number of aromatic carboxylic acids is 1. The number of benzene rings is 2. The van der Waals surface area contributed by atoms with Gasteiger partial charge in [-0.2, -0.15) is 0 Å². The Morgan fingerprint density at radius 2 is 1.97 bits per heavy atom. The van der Waals surface area contributed by atoms with E-state index in [0.717, 1.165) is 17.4 Å². The summed E-state index contributed by atoms with van der Waals surface area (Å²) in [6, 6.07) is 15.8. The molecular formula is C24H21FN2O3. The zero-order valence-electron chi connectivity index (χ0n) is 16.7. The molecule has 152 valence electrons. The minimum absolute atomic E-state index is 0.0767. The van der Waals surface area contributed by atoms with Crippen LogP contribution in [0.25, 0.3) is 22.0 Å². The lowest BCUT2D eigenvalue weighted by molar-refractivity contribution is 0.0687. The number of rotatable bonds is 6. The number of aryl methyl sites for hydroxylation is 1. The number of hydrogen-bond acceptors (Lipinski definition) is 3. The molecule has 30 heavy (non-hydrogen) atoms. The summed E-state index contributed by atoms with van der Waals surface area (Å²) in [7, 11) is 1.50. The highest BCUT2D eigenvalue weighted by Gasteiger charge is 2.26. The molecule has 5 nitrogen and oxygen atoms in total. The second-order valence-corrected chi connectivity index (χ2v) is 6.97. The van der Waals surface area contributed by atoms with E-state index in [2.05, 4.69) is 4.98 Å². The van der Waals surface area contributed by atoms with E-state index in [1.54, 1.807) is 41.1 Å². The summed E-state index contributed by atoms with van der Waals surface area (Å²) in [5.74, 6) is -1.13. The van der Waals surface area contributed by atoms with Crippen molar-refractivity contribution in [3.05, 3.63) is 83.4 Å². The van der Waals surface area contributed by atoms with E-state index in [-0.39, 0.29) is 18.1 Å². The molecule has 0 aliphatic heterocycles. The summed E-state index contributed by atoms with van der Waals surface area (Å²) in [5.41, 5.74) is 3.39. The Balaban J connectivity index is 2.08. The van der Waals surface area contributed by atoms with Crippen molar-refractivity contribution < 1.29 is 19.0 Å². The Morgan fingerprint density at radius 3 is 2.67 bits per heavy atom. The average molecular weight is 404 g/mol. The van der Waals surface area contributed by atoms with Crippen LogP contribution in [0.1, 0.15) is 28.5 Å². The predicted octanol–water partition coefficient (Wildman–Crippen LogP) is 5.16. The quantitative estimate of drug-likeness (QED) is 0.482. The monoisotopic (exact) mass is 404 g/mol. The van der Waals surface area contributed by atoms with Crippen LogP contribution in [0.3, 0.4) is 0 Å². The Hall–Kier alpha value is -3.67. The third kappa shape index (κ3) is 3.30. The SMILES string of the molecule is CCc1ccc2c(c1)c(-c1cccnc1OC)c(C(=O)O)n2Cc1ccccc1F. The van der Waals surface area contributed by atoms with Gasteiger partial charge in [-0.25, -0.2) is 14.2 Å². The van der Waals surface area contributed by atoms with E-state index in [4.69, 9.17) is 4.74 Å². The second kappa shape index (κ2) is 7.99. The molecule has 0 bridgehead atoms. The zero-order chi connectivity index (χ0) is 21.3. The number of nitrogens with zero attached hydrogens (tertiary/aromatic N) is 2. The molecule has 1 N–H and O–H groups in total. The highest BCUT2D eigenvalue weighted by molar-refractivity contribution is 6.09. The summed E-state index contributed by atoms with van der Waals surface area (Å²) in [6.45, 7) is 2.14. The van der Waals surface area contributed by atoms with Crippen molar-refractivity contribution in [1.82, 2.24) is 9.55 Å². The van der Waals surface area contributed by atoms with Gasteiger partial charge in [-0.05, 0) is 42.3 Å². The van der Waals surface area contributed by atoms with E-state index >= 15 is 0 Å². The fourth-order valence-electron chi connectivity index (χ4n) is 3.82. The molecule has 0 amide bonds. The molecule has 2 aromatic heterocycles. The molecule has 0 atom stereocenters. The van der Waals surface area contributed by atoms with E-state index < -0.39 is 5.97 Å². The topological polar surface area (TPSA) is 64.3 Å². The first kappa shape index (κ1) is 19.6. The molecule has 4 aromatic rings. The van der Waals surface area contributed by atoms with Gasteiger partial charge in [-0.1, -0.05) is 31.2 Å². The minimum atomic E-state index is -1.10. The van der Waals surface area contributed by atoms with Gasteiger partial charge in [0.1, 0.15) is 11.5 Å². The van der Waals surface area contributed by atoms with Crippen LogP contribution in [0.4, 0.5) is 4.39 Å². The van der Waals surface area contributed by atoms with Crippen LogP contribution in [-0.2, 0) is 13.0 Å². The fourth-order valence-corrected chi connectivity index (χ4v) is 3.82. The van der Waals surface area contributed by atoms with Crippen molar-refractivity contribution in [2.75, 3.05) is 7.11 Å². The second-order valence-electron chi connectivity index (χ2n) is 6.97. The minimum Gasteiger partial charge on any atom is -0.481 e. The number of halogens is 1. The Morgan fingerprint density at radius 1 is 1.17 bits per heavy atom. The maximum absolute atomic E-state index is 14.4. The molecule has 6 heteroatoms. The zero-order valence-corrected chi connectivity index (χ0v) is 16.7. The number of methoxy groups -OCH3 is 1. The van der Waals surface area contributed by atoms with Crippen LogP contribution in [0.5, 0.6) is 5.88 Å². The van der Waals surface area contributed by atoms with Crippen molar-refractivity contribution in [2.24, 2.45) is 0 Å². The van der Waals surface area contributed by atoms with Crippen LogP contribution in [0.15, 0.2) is 60.8 Å². The molecule has 0 spiro atoms. The molecule has 0 saturated heterocycles. The summed E-state index contributed by atoms with van der Waals surface area (Å²) in [5, 5.41) is 10.9. The molecule has 0 saturated carbocycles. The maximum atomic E-state index is 14.4. The van der Waals surface area contributed by atoms with E-state index in [1.165, 1.54) is 13.2 Å². The Labute approximate surface area is 173 Å². The molecule has 2 aromatic carbocycles. The molecule has 4 rings (SSSR count). The third-order valence-electron chi connectivity index (χ3n) is 5.26. The average Bonchev–Trinajstić information content (AvgIpc) is 3.08. The standard InChI is InChI=1S/C24H21FN2O3/c1-3-15-10-11-20-18(13-15)21(17-8-6-12-26-23(17)30-2)22(24(28)29)27(20)14-16-7-4-5-9-19(16)25/h4-13H,3,14H2,1-2H3,(H,28,29). The number of aromatic nitrogens is 2. The van der Waals surface area contributed by atoms with Gasteiger partial charge in [0.2, 0.25) is 5.88 Å². The maximum Gasteiger partial charge on any atom is 0.353 e. The first-order chi connectivity index (χ1) is 14.5. The number of fused-ring (bicyclic) bond motifs is 1. The normalized spacial score (nSPS) is 11.0. The van der Waals surface area contributed by atoms with Crippen molar-refractivity contribution >= 4 is 16.9 Å². The van der Waals surface area contributed by atoms with Crippen molar-refractivity contribution in [3.63, 3.8) is 0 Å². The van der Waals surface area contributed by atoms with Crippen LogP contribution in [-0.4, -0.2) is 27.7 Å². The lowest BCUT2D eigenvalue weighted by atomic mass is 10.0. The lowest BCUT2D eigenvalue weighted by Gasteiger charge is -2.11. The predicted molar refractivity (Wildman–Crippen MR) is 114 cm³/mol. The summed E-state index contributed by atoms with van der Waals surface area (Å²) in [4.78, 5) is 16.7. The molecule has 0 unspecified atom stereocenters. The third-order valence-corrected chi connectivity index (χ3v) is 5.26. The number of hydrogen-bond donors (Lipinski definition) is 1. The number of pyridine rings is 1. The highest BCUT2D eigenvalue weighted by Crippen LogP contribution is 2.39. The number of carboxylic acids is 1. The largest absolute Gasteiger partial charge is 0.481 e. The van der Waals surface area contributed by atoms with Gasteiger partial charge in [-0.3, -0.25) is 0 Å². The van der Waals surface area contributed by atoms with Gasteiger partial charge in [-0.15, -0.1) is 0 Å². The number of carboxylic acid groups (broad SMARTS) is 1. The molecule has 0 fully saturated rings. The summed E-state index contributed by atoms with van der Waals surface area (Å²) >= 11 is 0. The van der Waals surface area contributed by atoms with Gasteiger partial charge in [0.15, 0.2) is 0 Å². The van der Waals surface area contributed by atoms with Crippen LogP contribution < -0.4 is 4.74 Å². The van der Waals surface area contributed by atoms with Crippen molar-refractivity contribution in [1.29, 1.82) is 0 Å². The van der Waals surface area contributed by atoms with E-state index in [1.807, 2.05) is 25.1 Å². The van der Waals surface area contributed by atoms with Crippen molar-refractivity contribution in [3.8, 4) is 17.0 Å². The van der Waals surface area contributed by atoms with Crippen LogP contribution >= 0.6 is 0 Å². The first-order valence-corrected chi connectivity index (χ1v) is 9.66. The molecule has 2 heterocycles. The first-order valence-electron chi connectivity index (χ1n) is 9.66. The summed E-state index contributed by atoms with van der Waals surface area (Å²) in [6.07, 6.45) is 2.40. The van der Waals surface area contributed by atoms with Crippen LogP contribution in [0, 0.1) is 5.82 Å². The number of ether oxygens (including phenoxy) is 1. The Kier molecular flexibility index (Phi) is 5.23. The van der Waals surface area contributed by atoms with Gasteiger partial charge in [0, 0.05) is 33.8 Å². The molecule has 0 radical (unpaired) electrons. The van der Waals surface area contributed by atoms with Crippen molar-refractivity contribution in [2.45, 2.75) is 19.9 Å². The Bertz CT molecular complexity index is 1250. The van der Waals surface area contributed by atoms with E-state index in [9.17, 15) is 14.3 Å². The fraction of sp³-hybridized carbons (Fsp3) is 0.167. The molecular weight excluding hydrogens is 383 g/mol. The van der Waals surface area contributed by atoms with Gasteiger partial charge in [0.05, 0.1) is 13.7 Å². The van der Waals surface area contributed by atoms with Gasteiger partial charge < -0.3 is 14.4 Å². The molecule has 0 aliphatic carbocycles. The van der Waals surface area contributed by atoms with E-state index in [0.29, 0.717) is 28.1 Å². The smallest absolute Gasteiger partial charge is 0.353 e. The van der Waals surface area contributed by atoms with Gasteiger partial charge in [0.25, 0.3) is 0 Å². The van der Waals surface area contributed by atoms with Crippen LogP contribution in [0.2, 0.25) is 0 Å². The molecule has 0 aliphatic rings. The lowest BCUT2D eigenvalue weighted by Crippen LogP contribution is -2.11. The highest BCUT2D eigenvalue weighted by atomic mass is 19.1. The van der Waals surface area contributed by atoms with Gasteiger partial charge >= 0.3 is 5.97 Å². The number of carbonyl (C=O) groups is 1.